The van der Waals surface area contributed by atoms with Gasteiger partial charge in [-0.2, -0.15) is 4.31 Å². The van der Waals surface area contributed by atoms with Crippen LogP contribution in [0.1, 0.15) is 26.7 Å². The van der Waals surface area contributed by atoms with Crippen LogP contribution in [0.15, 0.2) is 29.2 Å². The van der Waals surface area contributed by atoms with E-state index in [-0.39, 0.29) is 18.1 Å². The Kier molecular flexibility index (Phi) is 6.98. The second kappa shape index (κ2) is 8.24. The molecule has 1 aromatic carbocycles. The highest BCUT2D eigenvalue weighted by atomic mass is 32.2. The summed E-state index contributed by atoms with van der Waals surface area (Å²) in [7, 11) is -3.43. The third-order valence-corrected chi connectivity index (χ3v) is 4.68. The van der Waals surface area contributed by atoms with E-state index in [1.165, 1.54) is 4.31 Å². The third-order valence-electron chi connectivity index (χ3n) is 2.77. The molecule has 114 valence electrons. The minimum Gasteiger partial charge on any atom is -0.491 e. The van der Waals surface area contributed by atoms with Crippen molar-refractivity contribution in [1.29, 1.82) is 0 Å². The number of sulfonamides is 1. The van der Waals surface area contributed by atoms with Crippen molar-refractivity contribution in [3.05, 3.63) is 24.3 Å². The third kappa shape index (κ3) is 4.47. The summed E-state index contributed by atoms with van der Waals surface area (Å²) in [5, 5.41) is 8.67. The molecule has 0 aromatic heterocycles. The summed E-state index contributed by atoms with van der Waals surface area (Å²) >= 11 is 0. The molecule has 1 rings (SSSR count). The molecule has 0 aliphatic rings. The Balaban J connectivity index is 2.90. The van der Waals surface area contributed by atoms with Gasteiger partial charge in [-0.25, -0.2) is 8.42 Å². The fraction of sp³-hybridized carbons (Fsp3) is 0.571. The summed E-state index contributed by atoms with van der Waals surface area (Å²) in [5.41, 5.74) is 0. The van der Waals surface area contributed by atoms with Crippen molar-refractivity contribution in [1.82, 2.24) is 4.31 Å². The Bertz CT molecular complexity index is 478. The Morgan fingerprint density at radius 2 is 1.65 bits per heavy atom. The van der Waals surface area contributed by atoms with Crippen LogP contribution in [-0.4, -0.2) is 44.1 Å². The van der Waals surface area contributed by atoms with E-state index in [1.807, 2.05) is 13.8 Å². The van der Waals surface area contributed by atoms with Crippen LogP contribution in [-0.2, 0) is 10.0 Å². The van der Waals surface area contributed by atoms with Gasteiger partial charge >= 0.3 is 0 Å². The second-order valence-corrected chi connectivity index (χ2v) is 6.39. The first-order valence-corrected chi connectivity index (χ1v) is 8.34. The summed E-state index contributed by atoms with van der Waals surface area (Å²) in [6.45, 7) is 5.11. The zero-order chi connectivity index (χ0) is 15.0. The lowest BCUT2D eigenvalue weighted by atomic mass is 10.3. The van der Waals surface area contributed by atoms with Crippen LogP contribution in [0.3, 0.4) is 0 Å². The molecule has 0 spiro atoms. The van der Waals surface area contributed by atoms with Gasteiger partial charge < -0.3 is 9.84 Å². The van der Waals surface area contributed by atoms with Crippen LogP contribution < -0.4 is 4.74 Å². The van der Waals surface area contributed by atoms with Gasteiger partial charge in [-0.1, -0.05) is 13.8 Å². The Morgan fingerprint density at radius 3 is 2.10 bits per heavy atom. The van der Waals surface area contributed by atoms with Crippen molar-refractivity contribution in [3.63, 3.8) is 0 Å². The predicted molar refractivity (Wildman–Crippen MR) is 78.4 cm³/mol. The summed E-state index contributed by atoms with van der Waals surface area (Å²) in [4.78, 5) is 0.274. The van der Waals surface area contributed by atoms with E-state index in [0.717, 1.165) is 12.8 Å². The number of hydrogen-bond donors (Lipinski definition) is 1. The van der Waals surface area contributed by atoms with Crippen molar-refractivity contribution in [3.8, 4) is 5.75 Å². The van der Waals surface area contributed by atoms with E-state index in [9.17, 15) is 8.42 Å². The predicted octanol–water partition coefficient (Wildman–Crippen LogP) is 1.87. The average molecular weight is 301 g/mol. The van der Waals surface area contributed by atoms with Gasteiger partial charge in [-0.05, 0) is 37.1 Å². The molecule has 0 unspecified atom stereocenters. The highest BCUT2D eigenvalue weighted by Crippen LogP contribution is 2.20. The fourth-order valence-corrected chi connectivity index (χ4v) is 3.50. The van der Waals surface area contributed by atoms with Crippen molar-refractivity contribution < 1.29 is 18.3 Å². The van der Waals surface area contributed by atoms with Crippen LogP contribution in [0.25, 0.3) is 0 Å². The maximum Gasteiger partial charge on any atom is 0.243 e. The van der Waals surface area contributed by atoms with Crippen LogP contribution in [0.2, 0.25) is 0 Å². The zero-order valence-corrected chi connectivity index (χ0v) is 12.9. The molecule has 0 atom stereocenters. The second-order valence-electron chi connectivity index (χ2n) is 4.45. The number of ether oxygens (including phenoxy) is 1. The van der Waals surface area contributed by atoms with Gasteiger partial charge in [-0.15, -0.1) is 0 Å². The molecule has 1 N–H and O–H groups in total. The van der Waals surface area contributed by atoms with Crippen LogP contribution >= 0.6 is 0 Å². The minimum atomic E-state index is -3.43. The van der Waals surface area contributed by atoms with Gasteiger partial charge in [0.25, 0.3) is 0 Å². The molecular weight excluding hydrogens is 278 g/mol. The first kappa shape index (κ1) is 16.9. The van der Waals surface area contributed by atoms with Gasteiger partial charge in [0.15, 0.2) is 0 Å². The van der Waals surface area contributed by atoms with Gasteiger partial charge in [-0.3, -0.25) is 0 Å². The van der Waals surface area contributed by atoms with Crippen molar-refractivity contribution in [2.75, 3.05) is 26.3 Å². The van der Waals surface area contributed by atoms with Gasteiger partial charge in [0.2, 0.25) is 10.0 Å². The molecule has 0 saturated heterocycles. The molecule has 5 nitrogen and oxygen atoms in total. The maximum atomic E-state index is 12.5. The average Bonchev–Trinajstić information content (AvgIpc) is 2.45. The summed E-state index contributed by atoms with van der Waals surface area (Å²) in [5.74, 6) is 0.551. The van der Waals surface area contributed by atoms with E-state index < -0.39 is 10.0 Å². The van der Waals surface area contributed by atoms with Crippen LogP contribution in [0.5, 0.6) is 5.75 Å². The van der Waals surface area contributed by atoms with E-state index in [1.54, 1.807) is 24.3 Å². The molecule has 0 aliphatic heterocycles. The van der Waals surface area contributed by atoms with Crippen molar-refractivity contribution in [2.45, 2.75) is 31.6 Å². The lowest BCUT2D eigenvalue weighted by Gasteiger charge is -2.21. The molecule has 0 saturated carbocycles. The summed E-state index contributed by atoms with van der Waals surface area (Å²) in [6, 6.07) is 6.30. The van der Waals surface area contributed by atoms with Gasteiger partial charge in [0, 0.05) is 13.1 Å². The normalized spacial score (nSPS) is 11.8. The smallest absolute Gasteiger partial charge is 0.243 e. The number of aliphatic hydroxyl groups is 1. The Labute approximate surface area is 121 Å². The van der Waals surface area contributed by atoms with Gasteiger partial charge in [0.1, 0.15) is 12.4 Å². The lowest BCUT2D eigenvalue weighted by molar-refractivity contribution is 0.201. The highest BCUT2D eigenvalue weighted by Gasteiger charge is 2.22. The first-order valence-electron chi connectivity index (χ1n) is 6.90. The van der Waals surface area contributed by atoms with Crippen molar-refractivity contribution >= 4 is 10.0 Å². The molecule has 0 amide bonds. The molecule has 1 aromatic rings. The number of hydrogen-bond acceptors (Lipinski definition) is 4. The molecule has 0 aliphatic carbocycles. The molecule has 6 heteroatoms. The fourth-order valence-electron chi connectivity index (χ4n) is 1.87. The molecule has 0 radical (unpaired) electrons. The monoisotopic (exact) mass is 301 g/mol. The molecule has 0 fully saturated rings. The molecular formula is C14H23NO4S. The van der Waals surface area contributed by atoms with E-state index in [2.05, 4.69) is 0 Å². The number of rotatable bonds is 9. The van der Waals surface area contributed by atoms with Crippen LogP contribution in [0, 0.1) is 0 Å². The van der Waals surface area contributed by atoms with Crippen molar-refractivity contribution in [2.24, 2.45) is 0 Å². The lowest BCUT2D eigenvalue weighted by Crippen LogP contribution is -2.32. The maximum absolute atomic E-state index is 12.5. The zero-order valence-electron chi connectivity index (χ0n) is 12.1. The van der Waals surface area contributed by atoms with E-state index in [4.69, 9.17) is 9.84 Å². The molecule has 20 heavy (non-hydrogen) atoms. The topological polar surface area (TPSA) is 66.8 Å². The van der Waals surface area contributed by atoms with Crippen LogP contribution in [0.4, 0.5) is 0 Å². The van der Waals surface area contributed by atoms with E-state index >= 15 is 0 Å². The Hall–Kier alpha value is -1.11. The quantitative estimate of drug-likeness (QED) is 0.756. The molecule has 0 bridgehead atoms. The Morgan fingerprint density at radius 1 is 1.10 bits per heavy atom. The number of aliphatic hydroxyl groups excluding tert-OH is 1. The SMILES string of the molecule is CCCN(CCC)S(=O)(=O)c1ccc(OCCO)cc1. The molecule has 0 heterocycles. The first-order chi connectivity index (χ1) is 9.56. The standard InChI is InChI=1S/C14H23NO4S/c1-3-9-15(10-4-2)20(17,18)14-7-5-13(6-8-14)19-12-11-16/h5-8,16H,3-4,9-12H2,1-2H3. The number of nitrogens with zero attached hydrogens (tertiary/aromatic N) is 1. The van der Waals surface area contributed by atoms with E-state index in [0.29, 0.717) is 18.8 Å². The van der Waals surface area contributed by atoms with Gasteiger partial charge in [0.05, 0.1) is 11.5 Å². The number of benzene rings is 1. The summed E-state index contributed by atoms with van der Waals surface area (Å²) in [6.07, 6.45) is 1.58. The summed E-state index contributed by atoms with van der Waals surface area (Å²) < 4.78 is 31.7. The largest absolute Gasteiger partial charge is 0.491 e. The minimum absolute atomic E-state index is 0.0686. The highest BCUT2D eigenvalue weighted by molar-refractivity contribution is 7.89.